The van der Waals surface area contributed by atoms with Crippen LogP contribution in [-0.2, 0) is 17.6 Å². The maximum absolute atomic E-state index is 11.7. The zero-order valence-electron chi connectivity index (χ0n) is 11.4. The van der Waals surface area contributed by atoms with E-state index in [1.807, 2.05) is 6.07 Å². The van der Waals surface area contributed by atoms with E-state index in [-0.39, 0.29) is 5.91 Å². The van der Waals surface area contributed by atoms with Crippen LogP contribution in [0.3, 0.4) is 0 Å². The van der Waals surface area contributed by atoms with Crippen molar-refractivity contribution in [2.45, 2.75) is 38.7 Å². The van der Waals surface area contributed by atoms with Gasteiger partial charge in [0.15, 0.2) is 6.10 Å². The first-order valence-corrected chi connectivity index (χ1v) is 6.57. The number of rotatable bonds is 3. The molecular weight excluding hydrogens is 226 g/mol. The molecule has 0 unspecified atom stereocenters. The minimum Gasteiger partial charge on any atom is -0.481 e. The average Bonchev–Trinajstić information content (AvgIpc) is 2.37. The third kappa shape index (κ3) is 2.84. The van der Waals surface area contributed by atoms with Crippen LogP contribution < -0.4 is 4.74 Å². The number of likely N-dealkylation sites (N-methyl/N-ethyl adjacent to an activating group) is 1. The number of nitrogens with zero attached hydrogens (tertiary/aromatic N) is 1. The highest BCUT2D eigenvalue weighted by atomic mass is 16.5. The van der Waals surface area contributed by atoms with E-state index in [4.69, 9.17) is 4.74 Å². The van der Waals surface area contributed by atoms with Gasteiger partial charge in [-0.25, -0.2) is 0 Å². The molecule has 1 aliphatic carbocycles. The van der Waals surface area contributed by atoms with Gasteiger partial charge in [0.2, 0.25) is 0 Å². The summed E-state index contributed by atoms with van der Waals surface area (Å²) in [7, 11) is 3.49. The normalized spacial score (nSPS) is 15.7. The molecule has 18 heavy (non-hydrogen) atoms. The van der Waals surface area contributed by atoms with Crippen molar-refractivity contribution in [2.75, 3.05) is 14.1 Å². The Kier molecular flexibility index (Phi) is 3.90. The topological polar surface area (TPSA) is 29.5 Å². The Labute approximate surface area is 109 Å². The first-order valence-electron chi connectivity index (χ1n) is 6.57. The molecule has 3 heteroatoms. The molecule has 0 fully saturated rings. The van der Waals surface area contributed by atoms with Gasteiger partial charge in [-0.3, -0.25) is 4.79 Å². The van der Waals surface area contributed by atoms with Gasteiger partial charge in [-0.15, -0.1) is 0 Å². The number of benzene rings is 1. The Bertz CT molecular complexity index is 440. The van der Waals surface area contributed by atoms with Crippen molar-refractivity contribution in [3.63, 3.8) is 0 Å². The van der Waals surface area contributed by atoms with Crippen molar-refractivity contribution in [3.05, 3.63) is 29.3 Å². The third-order valence-corrected chi connectivity index (χ3v) is 3.42. The lowest BCUT2D eigenvalue weighted by Gasteiger charge is -2.20. The van der Waals surface area contributed by atoms with E-state index < -0.39 is 6.10 Å². The number of ether oxygens (including phenoxy) is 1. The maximum Gasteiger partial charge on any atom is 0.262 e. The molecule has 0 heterocycles. The lowest BCUT2D eigenvalue weighted by Crippen LogP contribution is -2.35. The van der Waals surface area contributed by atoms with Gasteiger partial charge in [0.05, 0.1) is 0 Å². The van der Waals surface area contributed by atoms with E-state index in [0.717, 1.165) is 12.2 Å². The van der Waals surface area contributed by atoms with Crippen molar-refractivity contribution >= 4 is 5.91 Å². The van der Waals surface area contributed by atoms with Crippen LogP contribution in [0, 0.1) is 0 Å². The molecule has 98 valence electrons. The fourth-order valence-corrected chi connectivity index (χ4v) is 2.40. The third-order valence-electron chi connectivity index (χ3n) is 3.42. The molecule has 0 radical (unpaired) electrons. The number of aryl methyl sites for hydroxylation is 2. The molecule has 1 aromatic carbocycles. The summed E-state index contributed by atoms with van der Waals surface area (Å²) in [6.45, 7) is 1.79. The first kappa shape index (κ1) is 12.9. The predicted octanol–water partition coefficient (Wildman–Crippen LogP) is 2.42. The van der Waals surface area contributed by atoms with Crippen LogP contribution in [0.5, 0.6) is 5.75 Å². The van der Waals surface area contributed by atoms with Crippen molar-refractivity contribution in [1.29, 1.82) is 0 Å². The molecule has 0 N–H and O–H groups in total. The minimum absolute atomic E-state index is 0.00674. The molecule has 0 bridgehead atoms. The molecule has 1 amide bonds. The molecule has 0 saturated heterocycles. The van der Waals surface area contributed by atoms with E-state index in [1.54, 1.807) is 25.9 Å². The quantitative estimate of drug-likeness (QED) is 0.821. The zero-order valence-corrected chi connectivity index (χ0v) is 11.4. The fraction of sp³-hybridized carbons (Fsp3) is 0.533. The predicted molar refractivity (Wildman–Crippen MR) is 71.9 cm³/mol. The number of fused-ring (bicyclic) bond motifs is 1. The second-order valence-electron chi connectivity index (χ2n) is 5.13. The van der Waals surface area contributed by atoms with Crippen LogP contribution in [0.4, 0.5) is 0 Å². The lowest BCUT2D eigenvalue weighted by atomic mass is 9.92. The molecule has 1 atom stereocenters. The smallest absolute Gasteiger partial charge is 0.262 e. The summed E-state index contributed by atoms with van der Waals surface area (Å²) < 4.78 is 5.71. The van der Waals surface area contributed by atoms with Gasteiger partial charge in [-0.2, -0.15) is 0 Å². The number of amides is 1. The molecule has 2 rings (SSSR count). The van der Waals surface area contributed by atoms with Crippen LogP contribution >= 0.6 is 0 Å². The molecule has 0 spiro atoms. The van der Waals surface area contributed by atoms with Gasteiger partial charge in [0.25, 0.3) is 5.91 Å². The average molecular weight is 247 g/mol. The van der Waals surface area contributed by atoms with Gasteiger partial charge >= 0.3 is 0 Å². The summed E-state index contributed by atoms with van der Waals surface area (Å²) in [6, 6.07) is 6.20. The van der Waals surface area contributed by atoms with Crippen LogP contribution in [0.25, 0.3) is 0 Å². The van der Waals surface area contributed by atoms with Crippen LogP contribution in [0.15, 0.2) is 18.2 Å². The van der Waals surface area contributed by atoms with Crippen molar-refractivity contribution in [3.8, 4) is 5.75 Å². The van der Waals surface area contributed by atoms with E-state index in [2.05, 4.69) is 12.1 Å². The zero-order chi connectivity index (χ0) is 13.1. The minimum atomic E-state index is -0.429. The Hall–Kier alpha value is -1.51. The van der Waals surface area contributed by atoms with Crippen LogP contribution in [-0.4, -0.2) is 31.0 Å². The number of carbonyl (C=O) groups excluding carboxylic acids is 1. The molecule has 0 aromatic heterocycles. The van der Waals surface area contributed by atoms with Gasteiger partial charge in [-0.05, 0) is 55.9 Å². The molecule has 0 aliphatic heterocycles. The van der Waals surface area contributed by atoms with Crippen molar-refractivity contribution < 1.29 is 9.53 Å². The molecule has 1 aliphatic rings. The van der Waals surface area contributed by atoms with E-state index >= 15 is 0 Å². The summed E-state index contributed by atoms with van der Waals surface area (Å²) in [6.07, 6.45) is 4.40. The van der Waals surface area contributed by atoms with E-state index in [9.17, 15) is 4.79 Å². The van der Waals surface area contributed by atoms with Crippen molar-refractivity contribution in [2.24, 2.45) is 0 Å². The van der Waals surface area contributed by atoms with Crippen molar-refractivity contribution in [1.82, 2.24) is 4.90 Å². The van der Waals surface area contributed by atoms with Gasteiger partial charge in [-0.1, -0.05) is 6.07 Å². The van der Waals surface area contributed by atoms with Crippen LogP contribution in [0.2, 0.25) is 0 Å². The van der Waals surface area contributed by atoms with Gasteiger partial charge < -0.3 is 9.64 Å². The second-order valence-corrected chi connectivity index (χ2v) is 5.13. The Morgan fingerprint density at radius 3 is 2.56 bits per heavy atom. The lowest BCUT2D eigenvalue weighted by molar-refractivity contribution is -0.135. The Morgan fingerprint density at radius 2 is 1.89 bits per heavy atom. The summed E-state index contributed by atoms with van der Waals surface area (Å²) in [5.74, 6) is 0.797. The van der Waals surface area contributed by atoms with Gasteiger partial charge in [0.1, 0.15) is 5.75 Å². The number of hydrogen-bond acceptors (Lipinski definition) is 2. The molecule has 3 nitrogen and oxygen atoms in total. The highest BCUT2D eigenvalue weighted by Crippen LogP contribution is 2.25. The summed E-state index contributed by atoms with van der Waals surface area (Å²) in [5.41, 5.74) is 2.81. The Morgan fingerprint density at radius 1 is 1.22 bits per heavy atom. The van der Waals surface area contributed by atoms with Crippen LogP contribution in [0.1, 0.15) is 30.9 Å². The fourth-order valence-electron chi connectivity index (χ4n) is 2.40. The largest absolute Gasteiger partial charge is 0.481 e. The SMILES string of the molecule is C[C@H](Oc1ccc2c(c1)CCCC2)C(=O)N(C)C. The second kappa shape index (κ2) is 5.42. The summed E-state index contributed by atoms with van der Waals surface area (Å²) in [5, 5.41) is 0. The Balaban J connectivity index is 2.08. The monoisotopic (exact) mass is 247 g/mol. The van der Waals surface area contributed by atoms with Gasteiger partial charge in [0, 0.05) is 14.1 Å². The standard InChI is InChI=1S/C15H21NO2/c1-11(15(17)16(2)3)18-14-9-8-12-6-4-5-7-13(12)10-14/h8-11H,4-7H2,1-3H3/t11-/m0/s1. The molecule has 0 saturated carbocycles. The number of hydrogen-bond donors (Lipinski definition) is 0. The molecular formula is C15H21NO2. The van der Waals surface area contributed by atoms with E-state index in [0.29, 0.717) is 0 Å². The summed E-state index contributed by atoms with van der Waals surface area (Å²) >= 11 is 0. The highest BCUT2D eigenvalue weighted by molar-refractivity contribution is 5.80. The number of carbonyl (C=O) groups is 1. The first-order chi connectivity index (χ1) is 8.58. The highest BCUT2D eigenvalue weighted by Gasteiger charge is 2.17. The summed E-state index contributed by atoms with van der Waals surface area (Å²) in [4.78, 5) is 13.3. The maximum atomic E-state index is 11.7. The van der Waals surface area contributed by atoms with E-state index in [1.165, 1.54) is 30.4 Å². The molecule has 1 aromatic rings.